The van der Waals surface area contributed by atoms with Crippen molar-refractivity contribution in [2.24, 2.45) is 12.0 Å². The van der Waals surface area contributed by atoms with Crippen LogP contribution in [0.25, 0.3) is 0 Å². The van der Waals surface area contributed by atoms with Crippen LogP contribution in [0, 0.1) is 0 Å². The van der Waals surface area contributed by atoms with Crippen molar-refractivity contribution in [3.63, 3.8) is 0 Å². The molecular weight excluding hydrogens is 459 g/mol. The molecule has 2 aliphatic rings. The Balaban J connectivity index is 0.00000261. The molecule has 154 valence electrons. The lowest BCUT2D eigenvalue weighted by Gasteiger charge is -2.42. The molecule has 0 spiro atoms. The van der Waals surface area contributed by atoms with Crippen molar-refractivity contribution in [3.05, 3.63) is 18.0 Å². The van der Waals surface area contributed by atoms with Crippen molar-refractivity contribution >= 4 is 29.9 Å². The van der Waals surface area contributed by atoms with Crippen LogP contribution in [0.1, 0.15) is 25.5 Å². The summed E-state index contributed by atoms with van der Waals surface area (Å²) < 4.78 is 13.2. The molecule has 0 amide bonds. The Bertz CT molecular complexity index is 615. The van der Waals surface area contributed by atoms with E-state index >= 15 is 0 Å². The molecule has 1 atom stereocenters. The van der Waals surface area contributed by atoms with Gasteiger partial charge in [0.1, 0.15) is 6.10 Å². The molecule has 2 aliphatic heterocycles. The zero-order valence-corrected chi connectivity index (χ0v) is 19.2. The van der Waals surface area contributed by atoms with Crippen LogP contribution in [0.4, 0.5) is 0 Å². The smallest absolute Gasteiger partial charge is 0.193 e. The summed E-state index contributed by atoms with van der Waals surface area (Å²) >= 11 is 0. The highest BCUT2D eigenvalue weighted by Crippen LogP contribution is 2.22. The van der Waals surface area contributed by atoms with Crippen molar-refractivity contribution in [2.45, 2.75) is 25.5 Å². The SMILES string of the molecule is CN=C(NCC(C)(C)N1CCOCC1)N1CCOC(c2cnn(C)c2)C1.I. The van der Waals surface area contributed by atoms with Crippen molar-refractivity contribution in [1.82, 2.24) is 24.9 Å². The van der Waals surface area contributed by atoms with E-state index in [1.807, 2.05) is 31.2 Å². The fourth-order valence-corrected chi connectivity index (χ4v) is 3.56. The molecule has 0 aromatic carbocycles. The van der Waals surface area contributed by atoms with E-state index in [0.717, 1.165) is 57.5 Å². The van der Waals surface area contributed by atoms with E-state index < -0.39 is 0 Å². The van der Waals surface area contributed by atoms with Crippen LogP contribution in [-0.4, -0.2) is 90.7 Å². The topological polar surface area (TPSA) is 67.2 Å². The number of nitrogens with zero attached hydrogens (tertiary/aromatic N) is 5. The number of aromatic nitrogens is 2. The van der Waals surface area contributed by atoms with E-state index in [2.05, 4.69) is 39.1 Å². The standard InChI is InChI=1S/C18H32N6O2.HI/c1-18(2,24-6-8-25-9-7-24)14-20-17(19-3)23-5-10-26-16(13-23)15-11-21-22(4)12-15;/h11-12,16H,5-10,13-14H2,1-4H3,(H,19,20);1H. The predicted molar refractivity (Wildman–Crippen MR) is 117 cm³/mol. The maximum absolute atomic E-state index is 5.94. The molecule has 27 heavy (non-hydrogen) atoms. The summed E-state index contributed by atoms with van der Waals surface area (Å²) in [6.45, 7) is 11.3. The summed E-state index contributed by atoms with van der Waals surface area (Å²) in [6, 6.07) is 0. The molecule has 8 nitrogen and oxygen atoms in total. The van der Waals surface area contributed by atoms with Gasteiger partial charge >= 0.3 is 0 Å². The summed E-state index contributed by atoms with van der Waals surface area (Å²) in [5, 5.41) is 7.83. The average molecular weight is 492 g/mol. The van der Waals surface area contributed by atoms with Crippen LogP contribution in [0.2, 0.25) is 0 Å². The molecule has 1 unspecified atom stereocenters. The van der Waals surface area contributed by atoms with Gasteiger partial charge in [-0.25, -0.2) is 0 Å². The summed E-state index contributed by atoms with van der Waals surface area (Å²) in [5.41, 5.74) is 1.16. The van der Waals surface area contributed by atoms with Crippen molar-refractivity contribution in [2.75, 3.05) is 59.6 Å². The van der Waals surface area contributed by atoms with E-state index in [9.17, 15) is 0 Å². The number of hydrogen-bond donors (Lipinski definition) is 1. The van der Waals surface area contributed by atoms with Gasteiger partial charge in [-0.3, -0.25) is 14.6 Å². The predicted octanol–water partition coefficient (Wildman–Crippen LogP) is 1.10. The van der Waals surface area contributed by atoms with Crippen LogP contribution in [0.3, 0.4) is 0 Å². The Hall–Kier alpha value is -0.910. The third kappa shape index (κ3) is 5.78. The number of aryl methyl sites for hydroxylation is 1. The van der Waals surface area contributed by atoms with E-state index in [1.54, 1.807) is 0 Å². The lowest BCUT2D eigenvalue weighted by Crippen LogP contribution is -2.57. The largest absolute Gasteiger partial charge is 0.379 e. The number of halogens is 1. The third-order valence-electron chi connectivity index (χ3n) is 5.22. The Morgan fingerprint density at radius 3 is 2.67 bits per heavy atom. The van der Waals surface area contributed by atoms with Crippen LogP contribution >= 0.6 is 24.0 Å². The van der Waals surface area contributed by atoms with Gasteiger partial charge in [0.05, 0.1) is 32.6 Å². The van der Waals surface area contributed by atoms with Crippen LogP contribution in [-0.2, 0) is 16.5 Å². The first-order valence-electron chi connectivity index (χ1n) is 9.38. The number of ether oxygens (including phenoxy) is 2. The second kappa shape index (κ2) is 10.0. The average Bonchev–Trinajstić information content (AvgIpc) is 3.10. The Morgan fingerprint density at radius 1 is 1.30 bits per heavy atom. The molecule has 2 saturated heterocycles. The van der Waals surface area contributed by atoms with Gasteiger partial charge in [0.15, 0.2) is 5.96 Å². The van der Waals surface area contributed by atoms with Crippen molar-refractivity contribution in [3.8, 4) is 0 Å². The van der Waals surface area contributed by atoms with Gasteiger partial charge in [0.25, 0.3) is 0 Å². The highest BCUT2D eigenvalue weighted by Gasteiger charge is 2.30. The number of aliphatic imine (C=N–C) groups is 1. The first-order valence-corrected chi connectivity index (χ1v) is 9.38. The molecular formula is C18H33IN6O2. The maximum atomic E-state index is 5.94. The molecule has 0 aliphatic carbocycles. The van der Waals surface area contributed by atoms with E-state index in [4.69, 9.17) is 9.47 Å². The summed E-state index contributed by atoms with van der Waals surface area (Å²) in [7, 11) is 3.77. The van der Waals surface area contributed by atoms with Crippen molar-refractivity contribution < 1.29 is 9.47 Å². The maximum Gasteiger partial charge on any atom is 0.193 e. The van der Waals surface area contributed by atoms with Gasteiger partial charge in [-0.05, 0) is 13.8 Å². The van der Waals surface area contributed by atoms with E-state index in [-0.39, 0.29) is 35.6 Å². The first-order chi connectivity index (χ1) is 12.5. The van der Waals surface area contributed by atoms with Crippen LogP contribution < -0.4 is 5.32 Å². The molecule has 3 rings (SSSR count). The Labute approximate surface area is 179 Å². The molecule has 1 aromatic rings. The zero-order chi connectivity index (χ0) is 18.6. The number of morpholine rings is 2. The van der Waals surface area contributed by atoms with Crippen LogP contribution in [0.5, 0.6) is 0 Å². The number of rotatable bonds is 4. The lowest BCUT2D eigenvalue weighted by molar-refractivity contribution is -0.0127. The summed E-state index contributed by atoms with van der Waals surface area (Å²) in [5.74, 6) is 0.934. The van der Waals surface area contributed by atoms with E-state index in [0.29, 0.717) is 6.61 Å². The van der Waals surface area contributed by atoms with Gasteiger partial charge in [0, 0.05) is 57.6 Å². The number of hydrogen-bond acceptors (Lipinski definition) is 5. The second-order valence-corrected chi connectivity index (χ2v) is 7.57. The molecule has 9 heteroatoms. The number of guanidine groups is 1. The molecule has 3 heterocycles. The van der Waals surface area contributed by atoms with Gasteiger partial charge in [0.2, 0.25) is 0 Å². The van der Waals surface area contributed by atoms with Crippen LogP contribution in [0.15, 0.2) is 17.4 Å². The Kier molecular flexibility index (Phi) is 8.32. The monoisotopic (exact) mass is 492 g/mol. The van der Waals surface area contributed by atoms with Gasteiger partial charge in [-0.15, -0.1) is 24.0 Å². The minimum absolute atomic E-state index is 0. The molecule has 0 saturated carbocycles. The van der Waals surface area contributed by atoms with Crippen molar-refractivity contribution in [1.29, 1.82) is 0 Å². The summed E-state index contributed by atoms with van der Waals surface area (Å²) in [6.07, 6.45) is 3.93. The molecule has 1 N–H and O–H groups in total. The zero-order valence-electron chi connectivity index (χ0n) is 16.8. The fourth-order valence-electron chi connectivity index (χ4n) is 3.56. The number of nitrogens with one attached hydrogen (secondary N) is 1. The lowest BCUT2D eigenvalue weighted by atomic mass is 10.0. The minimum atomic E-state index is 0. The minimum Gasteiger partial charge on any atom is -0.379 e. The second-order valence-electron chi connectivity index (χ2n) is 7.57. The quantitative estimate of drug-likeness (QED) is 0.386. The van der Waals surface area contributed by atoms with Gasteiger partial charge < -0.3 is 19.7 Å². The Morgan fingerprint density at radius 2 is 2.04 bits per heavy atom. The highest BCUT2D eigenvalue weighted by atomic mass is 127. The normalized spacial score (nSPS) is 22.4. The third-order valence-corrected chi connectivity index (χ3v) is 5.22. The molecule has 2 fully saturated rings. The molecule has 0 bridgehead atoms. The summed E-state index contributed by atoms with van der Waals surface area (Å²) in [4.78, 5) is 9.26. The fraction of sp³-hybridized carbons (Fsp3) is 0.778. The first kappa shape index (κ1) is 22.4. The van der Waals surface area contributed by atoms with Gasteiger partial charge in [-0.2, -0.15) is 5.10 Å². The molecule has 0 radical (unpaired) electrons. The molecule has 1 aromatic heterocycles. The van der Waals surface area contributed by atoms with Gasteiger partial charge in [-0.1, -0.05) is 0 Å². The van der Waals surface area contributed by atoms with E-state index in [1.165, 1.54) is 0 Å². The highest BCUT2D eigenvalue weighted by molar-refractivity contribution is 14.0.